The molecule has 8 heteroatoms. The van der Waals surface area contributed by atoms with Crippen molar-refractivity contribution in [2.45, 2.75) is 64.0 Å². The number of ether oxygens (including phenoxy) is 1. The van der Waals surface area contributed by atoms with E-state index < -0.39 is 29.7 Å². The molecule has 158 valence electrons. The Morgan fingerprint density at radius 1 is 1.31 bits per heavy atom. The minimum absolute atomic E-state index is 0.0638. The zero-order chi connectivity index (χ0) is 21.3. The lowest BCUT2D eigenvalue weighted by Crippen LogP contribution is -2.40. The molecule has 2 aliphatic rings. The van der Waals surface area contributed by atoms with E-state index in [1.807, 2.05) is 0 Å². The molecule has 0 bridgehead atoms. The molecule has 4 atom stereocenters. The second kappa shape index (κ2) is 8.18. The molecule has 1 aromatic rings. The van der Waals surface area contributed by atoms with Crippen LogP contribution in [0.15, 0.2) is 28.2 Å². The van der Waals surface area contributed by atoms with Gasteiger partial charge in [0.25, 0.3) is 0 Å². The number of rotatable bonds is 3. The molecule has 0 aromatic heterocycles. The molecule has 29 heavy (non-hydrogen) atoms. The van der Waals surface area contributed by atoms with Crippen molar-refractivity contribution in [3.8, 4) is 0 Å². The van der Waals surface area contributed by atoms with Crippen LogP contribution in [0.4, 0.5) is 8.78 Å². The molecule has 3 N–H and O–H groups in total. The first-order valence-electron chi connectivity index (χ1n) is 9.78. The van der Waals surface area contributed by atoms with Gasteiger partial charge in [-0.2, -0.15) is 0 Å². The third-order valence-electron chi connectivity index (χ3n) is 5.17. The summed E-state index contributed by atoms with van der Waals surface area (Å²) in [4.78, 5) is 21.1. The predicted octanol–water partition coefficient (Wildman–Crippen LogP) is 2.81. The second-order valence-corrected chi connectivity index (χ2v) is 8.62. The van der Waals surface area contributed by atoms with Crippen LogP contribution in [0, 0.1) is 11.7 Å². The van der Waals surface area contributed by atoms with Crippen LogP contribution >= 0.6 is 0 Å². The normalized spacial score (nSPS) is 27.8. The summed E-state index contributed by atoms with van der Waals surface area (Å²) in [7, 11) is 0. The van der Waals surface area contributed by atoms with Crippen molar-refractivity contribution >= 4 is 17.5 Å². The molecule has 1 saturated carbocycles. The lowest BCUT2D eigenvalue weighted by molar-refractivity contribution is 0.00647. The number of esters is 1. The molecular weight excluding hydrogens is 380 g/mol. The highest BCUT2D eigenvalue weighted by molar-refractivity contribution is 6.47. The Kier molecular flexibility index (Phi) is 6.03. The highest BCUT2D eigenvalue weighted by Crippen LogP contribution is 2.32. The van der Waals surface area contributed by atoms with Crippen LogP contribution in [0.2, 0.25) is 0 Å². The quantitative estimate of drug-likeness (QED) is 0.753. The maximum atomic E-state index is 14.6. The smallest absolute Gasteiger partial charge is 0.341 e. The number of aliphatic imine (C=N–C) groups is 2. The predicted molar refractivity (Wildman–Crippen MR) is 107 cm³/mol. The van der Waals surface area contributed by atoms with Crippen molar-refractivity contribution in [1.29, 1.82) is 0 Å². The van der Waals surface area contributed by atoms with Gasteiger partial charge in [-0.15, -0.1) is 0 Å². The van der Waals surface area contributed by atoms with Gasteiger partial charge in [0, 0.05) is 5.56 Å². The van der Waals surface area contributed by atoms with Crippen LogP contribution in [0.3, 0.4) is 0 Å². The fourth-order valence-electron chi connectivity index (χ4n) is 3.66. The van der Waals surface area contributed by atoms with Gasteiger partial charge in [0.2, 0.25) is 0 Å². The average molecular weight is 407 g/mol. The zero-order valence-corrected chi connectivity index (χ0v) is 16.9. The van der Waals surface area contributed by atoms with Gasteiger partial charge in [0.15, 0.2) is 0 Å². The molecule has 6 nitrogen and oxygen atoms in total. The van der Waals surface area contributed by atoms with E-state index in [2.05, 4.69) is 9.98 Å². The number of nitrogens with zero attached hydrogens (tertiary/aromatic N) is 2. The number of alkyl halides is 1. The number of benzene rings is 1. The number of nitrogens with two attached hydrogens (primary N) is 1. The van der Waals surface area contributed by atoms with Crippen LogP contribution in [0.25, 0.3) is 0 Å². The standard InChI is InChI=1S/C21H27F2N3O3/c1-21(2,3)29-20(28)13-6-4-12(9-14(13)22)18-19(24)25-10-16(26-18)11-5-7-17(27)15(23)8-11/h4,6,9,11,15-17,27H,5,7-8,10H2,1-3H3,(H2,24,25). The first-order chi connectivity index (χ1) is 13.5. The van der Waals surface area contributed by atoms with Gasteiger partial charge in [-0.05, 0) is 58.1 Å². The van der Waals surface area contributed by atoms with Crippen LogP contribution in [-0.4, -0.2) is 53.1 Å². The van der Waals surface area contributed by atoms with Crippen molar-refractivity contribution < 1.29 is 23.4 Å². The number of aliphatic hydroxyl groups is 1. The second-order valence-electron chi connectivity index (χ2n) is 8.62. The third-order valence-corrected chi connectivity index (χ3v) is 5.17. The van der Waals surface area contributed by atoms with E-state index in [1.54, 1.807) is 26.8 Å². The van der Waals surface area contributed by atoms with Crippen molar-refractivity contribution in [2.75, 3.05) is 6.54 Å². The molecule has 0 spiro atoms. The highest BCUT2D eigenvalue weighted by Gasteiger charge is 2.35. The fourth-order valence-corrected chi connectivity index (χ4v) is 3.66. The van der Waals surface area contributed by atoms with Crippen LogP contribution < -0.4 is 5.73 Å². The number of amidine groups is 1. The van der Waals surface area contributed by atoms with Gasteiger partial charge in [-0.25, -0.2) is 13.6 Å². The summed E-state index contributed by atoms with van der Waals surface area (Å²) >= 11 is 0. The molecule has 4 unspecified atom stereocenters. The van der Waals surface area contributed by atoms with E-state index in [9.17, 15) is 18.7 Å². The molecule has 1 aliphatic heterocycles. The Bertz CT molecular complexity index is 848. The topological polar surface area (TPSA) is 97.3 Å². The Morgan fingerprint density at radius 2 is 2.03 bits per heavy atom. The minimum atomic E-state index is -1.28. The van der Waals surface area contributed by atoms with E-state index in [1.165, 1.54) is 12.1 Å². The Labute approximate surface area is 168 Å². The number of aliphatic hydroxyl groups excluding tert-OH is 1. The molecule has 3 rings (SSSR count). The van der Waals surface area contributed by atoms with E-state index in [4.69, 9.17) is 10.5 Å². The minimum Gasteiger partial charge on any atom is -0.456 e. The van der Waals surface area contributed by atoms with E-state index in [0.29, 0.717) is 30.7 Å². The van der Waals surface area contributed by atoms with Gasteiger partial charge in [0.1, 0.15) is 29.1 Å². The number of hydrogen-bond donors (Lipinski definition) is 2. The summed E-state index contributed by atoms with van der Waals surface area (Å²) in [6.07, 6.45) is -0.970. The van der Waals surface area contributed by atoms with Gasteiger partial charge in [-0.3, -0.25) is 9.98 Å². The molecule has 0 saturated heterocycles. The zero-order valence-electron chi connectivity index (χ0n) is 16.9. The summed E-state index contributed by atoms with van der Waals surface area (Å²) in [5.41, 5.74) is 5.80. The van der Waals surface area contributed by atoms with Gasteiger partial charge >= 0.3 is 5.97 Å². The summed E-state index contributed by atoms with van der Waals surface area (Å²) in [5.74, 6) is -1.37. The van der Waals surface area contributed by atoms with E-state index in [-0.39, 0.29) is 29.8 Å². The van der Waals surface area contributed by atoms with Gasteiger partial charge in [-0.1, -0.05) is 6.07 Å². The molecule has 0 radical (unpaired) electrons. The van der Waals surface area contributed by atoms with E-state index in [0.717, 1.165) is 0 Å². The van der Waals surface area contributed by atoms with Crippen LogP contribution in [-0.2, 0) is 4.74 Å². The summed E-state index contributed by atoms with van der Waals surface area (Å²) < 4.78 is 33.7. The molecular formula is C21H27F2N3O3. The number of carbonyl (C=O) groups excluding carboxylic acids is 1. The maximum Gasteiger partial charge on any atom is 0.341 e. The van der Waals surface area contributed by atoms with Gasteiger partial charge in [0.05, 0.1) is 24.3 Å². The van der Waals surface area contributed by atoms with Crippen LogP contribution in [0.1, 0.15) is 56.0 Å². The summed E-state index contributed by atoms with van der Waals surface area (Å²) in [5, 5.41) is 9.60. The molecule has 1 aliphatic carbocycles. The average Bonchev–Trinajstić information content (AvgIpc) is 2.63. The van der Waals surface area contributed by atoms with Crippen molar-refractivity contribution in [1.82, 2.24) is 0 Å². The first-order valence-corrected chi connectivity index (χ1v) is 9.78. The lowest BCUT2D eigenvalue weighted by atomic mass is 9.81. The molecule has 1 aromatic carbocycles. The van der Waals surface area contributed by atoms with E-state index >= 15 is 0 Å². The largest absolute Gasteiger partial charge is 0.456 e. The maximum absolute atomic E-state index is 14.6. The monoisotopic (exact) mass is 407 g/mol. The number of hydrogen-bond acceptors (Lipinski definition) is 6. The SMILES string of the molecule is CC(C)(C)OC(=O)c1ccc(C2=NC(C3CCC(O)C(F)C3)CN=C2N)cc1F. The van der Waals surface area contributed by atoms with Crippen LogP contribution in [0.5, 0.6) is 0 Å². The Balaban J connectivity index is 1.82. The Hall–Kier alpha value is -2.35. The number of halogens is 2. The van der Waals surface area contributed by atoms with Crippen molar-refractivity contribution in [3.05, 3.63) is 35.1 Å². The van der Waals surface area contributed by atoms with Crippen molar-refractivity contribution in [3.63, 3.8) is 0 Å². The highest BCUT2D eigenvalue weighted by atomic mass is 19.1. The summed E-state index contributed by atoms with van der Waals surface area (Å²) in [6.45, 7) is 5.45. The molecule has 0 amide bonds. The third kappa shape index (κ3) is 4.98. The fraction of sp³-hybridized carbons (Fsp3) is 0.571. The van der Waals surface area contributed by atoms with Gasteiger partial charge < -0.3 is 15.6 Å². The summed E-state index contributed by atoms with van der Waals surface area (Å²) in [6, 6.07) is 3.80. The first kappa shape index (κ1) is 21.4. The molecule has 1 fully saturated rings. The lowest BCUT2D eigenvalue weighted by Gasteiger charge is -2.33. The number of carbonyl (C=O) groups is 1. The molecule has 1 heterocycles. The Morgan fingerprint density at radius 3 is 2.66 bits per heavy atom. The van der Waals surface area contributed by atoms with Crippen molar-refractivity contribution in [2.24, 2.45) is 21.6 Å².